The summed E-state index contributed by atoms with van der Waals surface area (Å²) < 4.78 is 6.50. The summed E-state index contributed by atoms with van der Waals surface area (Å²) in [5.74, 6) is -0.355. The van der Waals surface area contributed by atoms with E-state index in [9.17, 15) is 9.59 Å². The van der Waals surface area contributed by atoms with Crippen molar-refractivity contribution < 1.29 is 14.6 Å². The fraction of sp³-hybridized carbons (Fsp3) is 0.615. The van der Waals surface area contributed by atoms with Crippen LogP contribution in [0.25, 0.3) is 0 Å². The molecule has 0 bridgehead atoms. The van der Waals surface area contributed by atoms with E-state index in [1.54, 1.807) is 0 Å². The Morgan fingerprint density at radius 2 is 2.20 bits per heavy atom. The number of carboxylic acid groups (broad SMARTS) is 1. The fourth-order valence-corrected chi connectivity index (χ4v) is 2.03. The van der Waals surface area contributed by atoms with Crippen LogP contribution in [0, 0.1) is 5.92 Å². The van der Waals surface area contributed by atoms with Crippen molar-refractivity contribution in [3.05, 3.63) is 21.1 Å². The first kappa shape index (κ1) is 14.8. The van der Waals surface area contributed by atoms with E-state index in [2.05, 4.69) is 5.10 Å². The Balaban J connectivity index is 2.40. The monoisotopic (exact) mass is 300 g/mol. The molecule has 1 aliphatic rings. The molecule has 20 heavy (non-hydrogen) atoms. The number of nitrogens with zero attached hydrogens (tertiary/aromatic N) is 2. The van der Waals surface area contributed by atoms with E-state index in [4.69, 9.17) is 21.4 Å². The second kappa shape index (κ2) is 5.83. The molecule has 0 spiro atoms. The summed E-state index contributed by atoms with van der Waals surface area (Å²) in [5.41, 5.74) is -0.124. The highest BCUT2D eigenvalue weighted by Gasteiger charge is 2.25. The van der Waals surface area contributed by atoms with Crippen molar-refractivity contribution in [2.75, 3.05) is 6.61 Å². The zero-order chi connectivity index (χ0) is 14.9. The van der Waals surface area contributed by atoms with Crippen LogP contribution in [0.15, 0.2) is 4.79 Å². The molecule has 7 heteroatoms. The molecule has 0 atom stereocenters. The molecule has 1 saturated carbocycles. The molecule has 2 rings (SSSR count). The van der Waals surface area contributed by atoms with Crippen LogP contribution in [0.5, 0.6) is 5.75 Å². The van der Waals surface area contributed by atoms with Crippen molar-refractivity contribution in [1.82, 2.24) is 9.78 Å². The SMILES string of the molecule is CC(C)c1nn(CC(=O)O)c(=O)c(Cl)c1OCC1CC1. The number of carbonyl (C=O) groups is 1. The van der Waals surface area contributed by atoms with Gasteiger partial charge in [0.15, 0.2) is 10.8 Å². The first-order valence-corrected chi connectivity index (χ1v) is 6.93. The second-order valence-electron chi connectivity index (χ2n) is 5.29. The summed E-state index contributed by atoms with van der Waals surface area (Å²) in [6.07, 6.45) is 2.25. The molecule has 0 aliphatic heterocycles. The smallest absolute Gasteiger partial charge is 0.325 e. The van der Waals surface area contributed by atoms with Gasteiger partial charge in [0.05, 0.1) is 6.61 Å². The van der Waals surface area contributed by atoms with Gasteiger partial charge in [-0.25, -0.2) is 4.68 Å². The van der Waals surface area contributed by atoms with Gasteiger partial charge in [-0.15, -0.1) is 0 Å². The van der Waals surface area contributed by atoms with Gasteiger partial charge in [0.25, 0.3) is 5.56 Å². The van der Waals surface area contributed by atoms with Crippen LogP contribution in [0.1, 0.15) is 38.3 Å². The van der Waals surface area contributed by atoms with Crippen molar-refractivity contribution in [2.24, 2.45) is 5.92 Å². The third-order valence-corrected chi connectivity index (χ3v) is 3.41. The van der Waals surface area contributed by atoms with Gasteiger partial charge in [-0.1, -0.05) is 25.4 Å². The van der Waals surface area contributed by atoms with Crippen molar-refractivity contribution in [3.8, 4) is 5.75 Å². The van der Waals surface area contributed by atoms with Crippen molar-refractivity contribution >= 4 is 17.6 Å². The van der Waals surface area contributed by atoms with Crippen LogP contribution in [0.3, 0.4) is 0 Å². The van der Waals surface area contributed by atoms with E-state index in [1.165, 1.54) is 0 Å². The van der Waals surface area contributed by atoms with Crippen LogP contribution < -0.4 is 10.3 Å². The summed E-state index contributed by atoms with van der Waals surface area (Å²) in [6, 6.07) is 0. The van der Waals surface area contributed by atoms with Crippen LogP contribution in [-0.4, -0.2) is 27.5 Å². The highest BCUT2D eigenvalue weighted by atomic mass is 35.5. The zero-order valence-corrected chi connectivity index (χ0v) is 12.2. The number of halogens is 1. The van der Waals surface area contributed by atoms with Gasteiger partial charge in [-0.3, -0.25) is 9.59 Å². The molecule has 1 aliphatic carbocycles. The Morgan fingerprint density at radius 3 is 2.70 bits per heavy atom. The van der Waals surface area contributed by atoms with Gasteiger partial charge in [0.2, 0.25) is 0 Å². The van der Waals surface area contributed by atoms with E-state index in [0.29, 0.717) is 24.0 Å². The molecule has 1 N–H and O–H groups in total. The summed E-state index contributed by atoms with van der Waals surface area (Å²) in [5, 5.41) is 12.8. The second-order valence-corrected chi connectivity index (χ2v) is 5.67. The van der Waals surface area contributed by atoms with Crippen LogP contribution in [0.2, 0.25) is 5.02 Å². The lowest BCUT2D eigenvalue weighted by Crippen LogP contribution is -2.29. The Labute approximate surface area is 121 Å². The summed E-state index contributed by atoms with van der Waals surface area (Å²) in [4.78, 5) is 22.7. The minimum atomic E-state index is -1.14. The summed E-state index contributed by atoms with van der Waals surface area (Å²) in [6.45, 7) is 3.78. The number of hydrogen-bond acceptors (Lipinski definition) is 4. The average molecular weight is 301 g/mol. The zero-order valence-electron chi connectivity index (χ0n) is 11.4. The van der Waals surface area contributed by atoms with E-state index in [0.717, 1.165) is 17.5 Å². The van der Waals surface area contributed by atoms with Crippen LogP contribution in [-0.2, 0) is 11.3 Å². The standard InChI is InChI=1S/C13H17ClN2O4/c1-7(2)11-12(20-6-8-3-4-8)10(14)13(19)16(15-11)5-9(17)18/h7-8H,3-6H2,1-2H3,(H,17,18). The minimum absolute atomic E-state index is 0.0256. The topological polar surface area (TPSA) is 81.4 Å². The van der Waals surface area contributed by atoms with Crippen molar-refractivity contribution in [2.45, 2.75) is 39.2 Å². The van der Waals surface area contributed by atoms with Gasteiger partial charge < -0.3 is 9.84 Å². The maximum atomic E-state index is 12.0. The molecular weight excluding hydrogens is 284 g/mol. The fourth-order valence-electron chi connectivity index (χ4n) is 1.78. The number of rotatable bonds is 6. The van der Waals surface area contributed by atoms with Gasteiger partial charge in [0, 0.05) is 5.92 Å². The molecule has 110 valence electrons. The maximum absolute atomic E-state index is 12.0. The van der Waals surface area contributed by atoms with Gasteiger partial charge >= 0.3 is 5.97 Å². The Morgan fingerprint density at radius 1 is 1.55 bits per heavy atom. The van der Waals surface area contributed by atoms with Crippen LogP contribution >= 0.6 is 11.6 Å². The largest absolute Gasteiger partial charge is 0.490 e. The van der Waals surface area contributed by atoms with Gasteiger partial charge in [-0.05, 0) is 18.8 Å². The summed E-state index contributed by atoms with van der Waals surface area (Å²) >= 11 is 6.04. The third kappa shape index (κ3) is 3.30. The quantitative estimate of drug-likeness (QED) is 0.867. The molecule has 0 unspecified atom stereocenters. The number of ether oxygens (including phenoxy) is 1. The minimum Gasteiger partial charge on any atom is -0.490 e. The predicted octanol–water partition coefficient (Wildman–Crippen LogP) is 1.89. The first-order chi connectivity index (χ1) is 9.40. The Hall–Kier alpha value is -1.56. The third-order valence-electron chi connectivity index (χ3n) is 3.07. The molecule has 0 saturated heterocycles. The van der Waals surface area contributed by atoms with Crippen LogP contribution in [0.4, 0.5) is 0 Å². The molecule has 1 fully saturated rings. The molecule has 6 nitrogen and oxygen atoms in total. The number of aliphatic carboxylic acids is 1. The van der Waals surface area contributed by atoms with E-state index in [1.807, 2.05) is 13.8 Å². The number of hydrogen-bond donors (Lipinski definition) is 1. The Bertz CT molecular complexity index is 578. The maximum Gasteiger partial charge on any atom is 0.325 e. The normalized spacial score (nSPS) is 14.6. The highest BCUT2D eigenvalue weighted by molar-refractivity contribution is 6.31. The van der Waals surface area contributed by atoms with E-state index >= 15 is 0 Å². The lowest BCUT2D eigenvalue weighted by Gasteiger charge is -2.16. The Kier molecular flexibility index (Phi) is 4.32. The molecule has 0 aromatic carbocycles. The van der Waals surface area contributed by atoms with E-state index < -0.39 is 18.1 Å². The van der Waals surface area contributed by atoms with Gasteiger partial charge in [0.1, 0.15) is 12.2 Å². The molecule has 0 amide bonds. The molecule has 1 aromatic heterocycles. The molecule has 1 aromatic rings. The lowest BCUT2D eigenvalue weighted by atomic mass is 10.1. The molecule has 1 heterocycles. The van der Waals surface area contributed by atoms with Gasteiger partial charge in [-0.2, -0.15) is 5.10 Å². The molecule has 0 radical (unpaired) electrons. The first-order valence-electron chi connectivity index (χ1n) is 6.55. The van der Waals surface area contributed by atoms with Crippen molar-refractivity contribution in [3.63, 3.8) is 0 Å². The average Bonchev–Trinajstić information content (AvgIpc) is 3.17. The van der Waals surface area contributed by atoms with Crippen molar-refractivity contribution in [1.29, 1.82) is 0 Å². The molecular formula is C13H17ClN2O4. The summed E-state index contributed by atoms with van der Waals surface area (Å²) in [7, 11) is 0. The lowest BCUT2D eigenvalue weighted by molar-refractivity contribution is -0.138. The number of aromatic nitrogens is 2. The highest BCUT2D eigenvalue weighted by Crippen LogP contribution is 2.33. The number of carboxylic acids is 1. The predicted molar refractivity (Wildman–Crippen MR) is 73.5 cm³/mol. The van der Waals surface area contributed by atoms with E-state index in [-0.39, 0.29) is 10.9 Å².